The summed E-state index contributed by atoms with van der Waals surface area (Å²) < 4.78 is 1.90. The van der Waals surface area contributed by atoms with Crippen LogP contribution in [0, 0.1) is 5.92 Å². The Hall–Kier alpha value is -2.23. The molecule has 0 spiro atoms. The molecule has 1 aliphatic heterocycles. The van der Waals surface area contributed by atoms with E-state index in [1.54, 1.807) is 6.33 Å². The highest BCUT2D eigenvalue weighted by atomic mass is 35.5. The molecule has 10 heteroatoms. The fraction of sp³-hybridized carbons (Fsp3) is 0.579. The zero-order valence-electron chi connectivity index (χ0n) is 16.5. The number of fused-ring (bicyclic) bond motifs is 3. The van der Waals surface area contributed by atoms with E-state index in [0.717, 1.165) is 6.42 Å². The van der Waals surface area contributed by atoms with Gasteiger partial charge in [0.1, 0.15) is 10.7 Å². The van der Waals surface area contributed by atoms with Gasteiger partial charge in [-0.05, 0) is 40.0 Å². The van der Waals surface area contributed by atoms with Crippen LogP contribution in [0.2, 0.25) is 5.15 Å². The number of hydrogen-bond acceptors (Lipinski definition) is 7. The number of carboxylic acids is 1. The van der Waals surface area contributed by atoms with E-state index in [-0.39, 0.29) is 28.9 Å². The van der Waals surface area contributed by atoms with Crippen molar-refractivity contribution < 1.29 is 24.9 Å². The van der Waals surface area contributed by atoms with E-state index in [2.05, 4.69) is 15.3 Å². The van der Waals surface area contributed by atoms with E-state index in [1.165, 1.54) is 13.8 Å². The first-order chi connectivity index (χ1) is 13.5. The van der Waals surface area contributed by atoms with Crippen molar-refractivity contribution in [3.05, 3.63) is 17.0 Å². The number of aliphatic hydroxyl groups is 2. The van der Waals surface area contributed by atoms with Gasteiger partial charge in [0.05, 0.1) is 23.5 Å². The van der Waals surface area contributed by atoms with Crippen LogP contribution in [0.25, 0.3) is 11.2 Å². The van der Waals surface area contributed by atoms with Crippen molar-refractivity contribution in [2.45, 2.75) is 64.3 Å². The molecule has 3 heterocycles. The highest BCUT2D eigenvalue weighted by Gasteiger charge is 2.34. The molecular formula is C19H25ClN4O5. The highest BCUT2D eigenvalue weighted by molar-refractivity contribution is 6.34. The third-order valence-electron chi connectivity index (χ3n) is 4.97. The lowest BCUT2D eigenvalue weighted by atomic mass is 9.99. The Morgan fingerprint density at radius 2 is 2.00 bits per heavy atom. The SMILES string of the molecule is CC(C)(O)O.CC1CC(=O)c2c(Cl)nc3c(ncn3C3CCC(C(=O)O)C3)c2N1. The van der Waals surface area contributed by atoms with Crippen LogP contribution in [0.5, 0.6) is 0 Å². The Balaban J connectivity index is 0.000000431. The molecule has 3 atom stereocenters. The lowest BCUT2D eigenvalue weighted by Gasteiger charge is -2.24. The number of nitrogens with zero attached hydrogens (tertiary/aromatic N) is 3. The summed E-state index contributed by atoms with van der Waals surface area (Å²) in [5, 5.41) is 28.8. The first kappa shape index (κ1) is 21.5. The number of imidazole rings is 1. The number of ketones is 1. The molecule has 0 amide bonds. The lowest BCUT2D eigenvalue weighted by Crippen LogP contribution is -2.27. The fourth-order valence-electron chi connectivity index (χ4n) is 3.79. The molecule has 0 saturated heterocycles. The maximum absolute atomic E-state index is 12.3. The van der Waals surface area contributed by atoms with Crippen molar-refractivity contribution in [3.63, 3.8) is 0 Å². The number of carbonyl (C=O) groups is 2. The van der Waals surface area contributed by atoms with Crippen molar-refractivity contribution in [2.24, 2.45) is 5.92 Å². The van der Waals surface area contributed by atoms with Crippen LogP contribution >= 0.6 is 11.6 Å². The molecule has 29 heavy (non-hydrogen) atoms. The van der Waals surface area contributed by atoms with Gasteiger partial charge < -0.3 is 25.2 Å². The second kappa shape index (κ2) is 7.89. The van der Waals surface area contributed by atoms with Gasteiger partial charge in [-0.15, -0.1) is 0 Å². The van der Waals surface area contributed by atoms with Crippen molar-refractivity contribution in [1.29, 1.82) is 0 Å². The van der Waals surface area contributed by atoms with Gasteiger partial charge in [-0.25, -0.2) is 9.97 Å². The van der Waals surface area contributed by atoms with Crippen molar-refractivity contribution in [1.82, 2.24) is 14.5 Å². The largest absolute Gasteiger partial charge is 0.481 e. The standard InChI is InChI=1S/C16H17ClN4O3.C3H8O2/c1-7-4-10(22)11-12(19-7)13-15(20-14(11)17)21(6-18-13)9-3-2-8(5-9)16(23)24;1-3(2,4)5/h6-9,19H,2-5H2,1H3,(H,23,24);4-5H,1-2H3. The monoisotopic (exact) mass is 424 g/mol. The molecule has 4 N–H and O–H groups in total. The Morgan fingerprint density at radius 1 is 1.34 bits per heavy atom. The molecule has 3 unspecified atom stereocenters. The molecule has 0 bridgehead atoms. The fourth-order valence-corrected chi connectivity index (χ4v) is 4.07. The molecular weight excluding hydrogens is 400 g/mol. The van der Waals surface area contributed by atoms with Gasteiger partial charge >= 0.3 is 5.97 Å². The summed E-state index contributed by atoms with van der Waals surface area (Å²) in [5.74, 6) is -2.62. The Kier molecular flexibility index (Phi) is 5.84. The maximum atomic E-state index is 12.3. The van der Waals surface area contributed by atoms with Gasteiger partial charge in [0.15, 0.2) is 17.2 Å². The molecule has 1 saturated carbocycles. The van der Waals surface area contributed by atoms with E-state index >= 15 is 0 Å². The number of halogens is 1. The number of pyridine rings is 1. The molecule has 9 nitrogen and oxygen atoms in total. The number of carboxylic acid groups (broad SMARTS) is 1. The van der Waals surface area contributed by atoms with Crippen molar-refractivity contribution in [3.8, 4) is 0 Å². The number of anilines is 1. The Labute approximate surface area is 172 Å². The number of rotatable bonds is 2. The summed E-state index contributed by atoms with van der Waals surface area (Å²) in [6.45, 7) is 4.53. The molecule has 2 aromatic heterocycles. The number of nitrogens with one attached hydrogen (secondary N) is 1. The van der Waals surface area contributed by atoms with Crippen molar-refractivity contribution in [2.75, 3.05) is 5.32 Å². The van der Waals surface area contributed by atoms with Gasteiger partial charge in [0, 0.05) is 18.5 Å². The van der Waals surface area contributed by atoms with Crippen LogP contribution < -0.4 is 5.32 Å². The molecule has 2 aromatic rings. The van der Waals surface area contributed by atoms with E-state index in [1.807, 2.05) is 11.5 Å². The summed E-state index contributed by atoms with van der Waals surface area (Å²) in [6.07, 6.45) is 4.02. The molecule has 158 valence electrons. The average molecular weight is 425 g/mol. The second-order valence-electron chi connectivity index (χ2n) is 8.15. The summed E-state index contributed by atoms with van der Waals surface area (Å²) >= 11 is 6.27. The normalized spacial score (nSPS) is 23.9. The molecule has 0 aromatic carbocycles. The van der Waals surface area contributed by atoms with Gasteiger partial charge in [-0.1, -0.05) is 11.6 Å². The zero-order valence-corrected chi connectivity index (χ0v) is 17.3. The van der Waals surface area contributed by atoms with E-state index in [4.69, 9.17) is 21.8 Å². The average Bonchev–Trinajstić information content (AvgIpc) is 3.18. The molecule has 1 aliphatic carbocycles. The minimum Gasteiger partial charge on any atom is -0.481 e. The van der Waals surface area contributed by atoms with Crippen LogP contribution in [0.4, 0.5) is 5.69 Å². The third-order valence-corrected chi connectivity index (χ3v) is 5.25. The first-order valence-corrected chi connectivity index (χ1v) is 9.86. The summed E-state index contributed by atoms with van der Waals surface area (Å²) in [6, 6.07) is 0.0501. The van der Waals surface area contributed by atoms with Crippen LogP contribution in [0.15, 0.2) is 6.33 Å². The predicted octanol–water partition coefficient (Wildman–Crippen LogP) is 2.60. The quantitative estimate of drug-likeness (QED) is 0.426. The minimum absolute atomic E-state index is 0.0136. The molecule has 2 aliphatic rings. The number of aromatic nitrogens is 3. The van der Waals surface area contributed by atoms with Crippen LogP contribution in [0.1, 0.15) is 62.9 Å². The van der Waals surface area contributed by atoms with Crippen LogP contribution in [-0.4, -0.2) is 53.4 Å². The first-order valence-electron chi connectivity index (χ1n) is 9.49. The van der Waals surface area contributed by atoms with Crippen molar-refractivity contribution >= 4 is 40.2 Å². The summed E-state index contributed by atoms with van der Waals surface area (Å²) in [7, 11) is 0. The van der Waals surface area contributed by atoms with Crippen LogP contribution in [0.3, 0.4) is 0 Å². The highest BCUT2D eigenvalue weighted by Crippen LogP contribution is 2.40. The number of carbonyl (C=O) groups excluding carboxylic acids is 1. The van der Waals surface area contributed by atoms with Gasteiger partial charge in [0.25, 0.3) is 0 Å². The predicted molar refractivity (Wildman–Crippen MR) is 107 cm³/mol. The Morgan fingerprint density at radius 3 is 2.59 bits per heavy atom. The van der Waals surface area contributed by atoms with Crippen LogP contribution in [-0.2, 0) is 4.79 Å². The van der Waals surface area contributed by atoms with Gasteiger partial charge in [-0.2, -0.15) is 0 Å². The molecule has 4 rings (SSSR count). The summed E-state index contributed by atoms with van der Waals surface area (Å²) in [4.78, 5) is 32.3. The second-order valence-corrected chi connectivity index (χ2v) is 8.50. The smallest absolute Gasteiger partial charge is 0.306 e. The van der Waals surface area contributed by atoms with Gasteiger partial charge in [0.2, 0.25) is 0 Å². The topological polar surface area (TPSA) is 138 Å². The van der Waals surface area contributed by atoms with E-state index in [0.29, 0.717) is 41.7 Å². The number of aliphatic carboxylic acids is 1. The maximum Gasteiger partial charge on any atom is 0.306 e. The van der Waals surface area contributed by atoms with E-state index < -0.39 is 11.8 Å². The van der Waals surface area contributed by atoms with Gasteiger partial charge in [-0.3, -0.25) is 9.59 Å². The summed E-state index contributed by atoms with van der Waals surface area (Å²) in [5.41, 5.74) is 2.26. The zero-order chi connectivity index (χ0) is 21.5. The van der Waals surface area contributed by atoms with E-state index in [9.17, 15) is 14.7 Å². The minimum atomic E-state index is -1.50. The number of Topliss-reactive ketones (excluding diaryl/α,β-unsaturated/α-hetero) is 1. The molecule has 1 fully saturated rings. The third kappa shape index (κ3) is 4.68. The lowest BCUT2D eigenvalue weighted by molar-refractivity contribution is -0.141. The Bertz CT molecular complexity index is 946. The molecule has 0 radical (unpaired) electrons. The number of hydrogen-bond donors (Lipinski definition) is 4.